The van der Waals surface area contributed by atoms with Gasteiger partial charge in [0.05, 0.1) is 6.10 Å². The summed E-state index contributed by atoms with van der Waals surface area (Å²) in [6.07, 6.45) is -5.00. The van der Waals surface area contributed by atoms with Gasteiger partial charge in [0.2, 0.25) is 0 Å². The van der Waals surface area contributed by atoms with Crippen molar-refractivity contribution in [1.29, 1.82) is 5.26 Å². The Morgan fingerprint density at radius 2 is 2.44 bits per heavy atom. The van der Waals surface area contributed by atoms with E-state index in [1.807, 2.05) is 0 Å². The number of nitrogens with zero attached hydrogens (tertiary/aromatic N) is 1. The molecule has 0 aromatic carbocycles. The lowest BCUT2D eigenvalue weighted by molar-refractivity contribution is 0.275. The van der Waals surface area contributed by atoms with Crippen molar-refractivity contribution < 1.29 is 12.7 Å². The molecule has 0 bridgehead atoms. The molecule has 9 heavy (non-hydrogen) atoms. The van der Waals surface area contributed by atoms with Gasteiger partial charge in [-0.05, 0) is 13.7 Å². The third-order valence-corrected chi connectivity index (χ3v) is 1.97. The molecule has 0 fully saturated rings. The lowest BCUT2D eigenvalue weighted by atomic mass is 10.5. The molecule has 4 heteroatoms. The van der Waals surface area contributed by atoms with Gasteiger partial charge in [0.1, 0.15) is 5.81 Å². The Morgan fingerprint density at radius 3 is 2.78 bits per heavy atom. The molecule has 0 heterocycles. The second-order valence-corrected chi connectivity index (χ2v) is 5.62. The van der Waals surface area contributed by atoms with Crippen LogP contribution >= 0.6 is 6.26 Å². The Bertz CT molecular complexity index is 303. The maximum absolute atomic E-state index is 8.58. The zero-order valence-corrected chi connectivity index (χ0v) is 6.50. The van der Waals surface area contributed by atoms with Crippen LogP contribution in [-0.4, -0.2) is 12.8 Å². The molecule has 52 valence electrons. The Labute approximate surface area is 69.3 Å². The van der Waals surface area contributed by atoms with Crippen molar-refractivity contribution in [2.75, 3.05) is 6.66 Å². The maximum atomic E-state index is 8.58. The van der Waals surface area contributed by atoms with Crippen LogP contribution in [0.4, 0.5) is 0 Å². The van der Waals surface area contributed by atoms with Crippen LogP contribution in [0.5, 0.6) is 0 Å². The van der Waals surface area contributed by atoms with Crippen LogP contribution < -0.4 is 0 Å². The van der Waals surface area contributed by atoms with Crippen LogP contribution in [0.25, 0.3) is 0 Å². The van der Waals surface area contributed by atoms with Gasteiger partial charge in [-0.1, -0.05) is 11.8 Å². The molecule has 2 nitrogen and oxygen atoms in total. The summed E-state index contributed by atoms with van der Waals surface area (Å²) in [4.78, 5) is 0. The van der Waals surface area contributed by atoms with E-state index in [2.05, 4.69) is 11.8 Å². The van der Waals surface area contributed by atoms with E-state index in [4.69, 9.17) is 18.0 Å². The SMILES string of the molecule is [2H]C([2H])([2H])C(OP(C)(=S)C#N)C([2H])([2H])[2H]. The quantitative estimate of drug-likeness (QED) is 0.592. The number of nitriles is 1. The third-order valence-electron chi connectivity index (χ3n) is 0.488. The first-order chi connectivity index (χ1) is 6.40. The first-order valence-electron chi connectivity index (χ1n) is 5.07. The van der Waals surface area contributed by atoms with E-state index in [1.165, 1.54) is 6.66 Å². The van der Waals surface area contributed by atoms with Gasteiger partial charge < -0.3 is 4.52 Å². The first-order valence-corrected chi connectivity index (χ1v) is 5.24. The van der Waals surface area contributed by atoms with Crippen LogP contribution in [0.1, 0.15) is 21.9 Å². The smallest absolute Gasteiger partial charge is 0.160 e. The normalized spacial score (nSPS) is 29.4. The molecular formula is C5H10NOPS. The second kappa shape index (κ2) is 3.31. The van der Waals surface area contributed by atoms with E-state index in [1.54, 1.807) is 5.81 Å². The minimum absolute atomic E-state index is 1.24. The van der Waals surface area contributed by atoms with Crippen molar-refractivity contribution in [1.82, 2.24) is 0 Å². The van der Waals surface area contributed by atoms with Gasteiger partial charge in [-0.2, -0.15) is 5.26 Å². The Hall–Kier alpha value is 0.100. The molecule has 0 spiro atoms. The topological polar surface area (TPSA) is 33.0 Å². The van der Waals surface area contributed by atoms with E-state index in [0.29, 0.717) is 0 Å². The summed E-state index contributed by atoms with van der Waals surface area (Å²) in [5.41, 5.74) is 0. The highest BCUT2D eigenvalue weighted by Gasteiger charge is 2.09. The monoisotopic (exact) mass is 169 g/mol. The summed E-state index contributed by atoms with van der Waals surface area (Å²) < 4.78 is 46.8. The highest BCUT2D eigenvalue weighted by atomic mass is 32.4. The highest BCUT2D eigenvalue weighted by Crippen LogP contribution is 2.42. The van der Waals surface area contributed by atoms with Gasteiger partial charge in [-0.25, -0.2) is 0 Å². The van der Waals surface area contributed by atoms with Crippen molar-refractivity contribution in [3.63, 3.8) is 0 Å². The summed E-state index contributed by atoms with van der Waals surface area (Å²) >= 11 is 4.69. The third kappa shape index (κ3) is 4.59. The zero-order valence-electron chi connectivity index (χ0n) is 10.8. The molecule has 0 aromatic heterocycles. The molecule has 1 atom stereocenters. The summed E-state index contributed by atoms with van der Waals surface area (Å²) in [7, 11) is 0. The number of hydrogen-bond acceptors (Lipinski definition) is 3. The first kappa shape index (κ1) is 3.00. The van der Waals surface area contributed by atoms with Gasteiger partial charge >= 0.3 is 0 Å². The average molecular weight is 169 g/mol. The van der Waals surface area contributed by atoms with E-state index < -0.39 is 26.1 Å². The predicted molar refractivity (Wildman–Crippen MR) is 42.0 cm³/mol. The van der Waals surface area contributed by atoms with Crippen LogP contribution in [0.15, 0.2) is 0 Å². The summed E-state index contributed by atoms with van der Waals surface area (Å²) in [6.45, 7) is -4.39. The van der Waals surface area contributed by atoms with Crippen molar-refractivity contribution in [2.24, 2.45) is 0 Å². The summed E-state index contributed by atoms with van der Waals surface area (Å²) in [6, 6.07) is 0. The minimum Gasteiger partial charge on any atom is -0.336 e. The van der Waals surface area contributed by atoms with E-state index in [0.717, 1.165) is 0 Å². The molecular weight excluding hydrogens is 153 g/mol. The van der Waals surface area contributed by atoms with Gasteiger partial charge in [0, 0.05) is 14.9 Å². The predicted octanol–water partition coefficient (Wildman–Crippen LogP) is 1.92. The number of hydrogen-bond donors (Lipinski definition) is 0. The maximum Gasteiger partial charge on any atom is 0.160 e. The standard InChI is InChI=1S/C5H10NOPS/c1-5(2)7-8(3,9)4-6/h5H,1-3H3/i1D3,2D3. The summed E-state index contributed by atoms with van der Waals surface area (Å²) in [5, 5.41) is 8.58. The van der Waals surface area contributed by atoms with Crippen LogP contribution in [0.2, 0.25) is 0 Å². The Balaban J connectivity index is 5.04. The van der Waals surface area contributed by atoms with Crippen LogP contribution in [-0.2, 0) is 16.3 Å². The lowest BCUT2D eigenvalue weighted by Gasteiger charge is -2.11. The van der Waals surface area contributed by atoms with E-state index in [9.17, 15) is 0 Å². The van der Waals surface area contributed by atoms with E-state index >= 15 is 0 Å². The second-order valence-electron chi connectivity index (χ2n) is 1.43. The van der Waals surface area contributed by atoms with Crippen LogP contribution in [0, 0.1) is 11.1 Å². The van der Waals surface area contributed by atoms with Gasteiger partial charge in [-0.15, -0.1) is 0 Å². The molecule has 0 saturated carbocycles. The summed E-state index contributed by atoms with van der Waals surface area (Å²) in [5.74, 6) is 1.62. The Morgan fingerprint density at radius 1 is 1.89 bits per heavy atom. The largest absolute Gasteiger partial charge is 0.336 e. The molecule has 0 radical (unpaired) electrons. The van der Waals surface area contributed by atoms with Crippen molar-refractivity contribution in [3.8, 4) is 5.81 Å². The van der Waals surface area contributed by atoms with Crippen molar-refractivity contribution in [2.45, 2.75) is 19.8 Å². The fraction of sp³-hybridized carbons (Fsp3) is 0.800. The fourth-order valence-corrected chi connectivity index (χ4v) is 0.932. The van der Waals surface area contributed by atoms with Gasteiger partial charge in [-0.3, -0.25) is 0 Å². The average Bonchev–Trinajstić information content (AvgIpc) is 1.96. The molecule has 0 N–H and O–H groups in total. The molecule has 0 aliphatic carbocycles. The number of rotatable bonds is 2. The minimum atomic E-state index is -3.00. The van der Waals surface area contributed by atoms with Gasteiger partial charge in [0.15, 0.2) is 6.26 Å². The molecule has 0 aliphatic rings. The molecule has 0 amide bonds. The zero-order chi connectivity index (χ0) is 12.5. The lowest BCUT2D eigenvalue weighted by Crippen LogP contribution is -1.97. The molecule has 0 rings (SSSR count). The van der Waals surface area contributed by atoms with Crippen molar-refractivity contribution >= 4 is 18.1 Å². The van der Waals surface area contributed by atoms with Crippen LogP contribution in [0.3, 0.4) is 0 Å². The van der Waals surface area contributed by atoms with Crippen molar-refractivity contribution in [3.05, 3.63) is 0 Å². The van der Waals surface area contributed by atoms with E-state index in [-0.39, 0.29) is 0 Å². The van der Waals surface area contributed by atoms with Gasteiger partial charge in [0.25, 0.3) is 0 Å². The molecule has 1 unspecified atom stereocenters. The molecule has 0 aromatic rings. The Kier molecular flexibility index (Phi) is 1.11. The molecule has 0 aliphatic heterocycles. The highest BCUT2D eigenvalue weighted by molar-refractivity contribution is 8.14. The molecule has 0 saturated heterocycles. The fourth-order valence-electron chi connectivity index (χ4n) is 0.225.